The van der Waals surface area contributed by atoms with Crippen molar-refractivity contribution in [2.24, 2.45) is 0 Å². The van der Waals surface area contributed by atoms with Gasteiger partial charge in [0.05, 0.1) is 0 Å². The summed E-state index contributed by atoms with van der Waals surface area (Å²) in [6, 6.07) is 0. The van der Waals surface area contributed by atoms with Gasteiger partial charge in [-0.2, -0.15) is 0 Å². The zero-order valence-electron chi connectivity index (χ0n) is 17.3. The molecule has 0 radical (unpaired) electrons. The van der Waals surface area contributed by atoms with Crippen molar-refractivity contribution >= 4 is 11.6 Å². The molecule has 0 fully saturated rings. The Bertz CT molecular complexity index is 308. The van der Waals surface area contributed by atoms with Crippen molar-refractivity contribution in [2.45, 2.75) is 111 Å². The highest BCUT2D eigenvalue weighted by molar-refractivity contribution is 5.78. The fourth-order valence-electron chi connectivity index (χ4n) is 3.08. The van der Waals surface area contributed by atoms with E-state index in [4.69, 9.17) is 0 Å². The van der Waals surface area contributed by atoms with Crippen LogP contribution in [0.4, 0.5) is 0 Å². The van der Waals surface area contributed by atoms with Crippen LogP contribution >= 0.6 is 0 Å². The second-order valence-corrected chi connectivity index (χ2v) is 7.31. The lowest BCUT2D eigenvalue weighted by Gasteiger charge is -2.21. The van der Waals surface area contributed by atoms with E-state index in [2.05, 4.69) is 11.8 Å². The zero-order valence-corrected chi connectivity index (χ0v) is 17.3. The SMILES string of the molecule is CCCCCCCCCCCCN(CCC(=O)CC)CCC(=O)CC. The molecule has 0 N–H and O–H groups in total. The van der Waals surface area contributed by atoms with Crippen LogP contribution in [-0.2, 0) is 9.59 Å². The lowest BCUT2D eigenvalue weighted by molar-refractivity contribution is -0.119. The number of unbranched alkanes of at least 4 members (excludes halogenated alkanes) is 9. The fraction of sp³-hybridized carbons (Fsp3) is 0.909. The van der Waals surface area contributed by atoms with Gasteiger partial charge < -0.3 is 4.90 Å². The number of ketones is 2. The number of carbonyl (C=O) groups is 2. The Morgan fingerprint density at radius 1 is 0.560 bits per heavy atom. The topological polar surface area (TPSA) is 37.4 Å². The summed E-state index contributed by atoms with van der Waals surface area (Å²) in [5, 5.41) is 0. The summed E-state index contributed by atoms with van der Waals surface area (Å²) in [4.78, 5) is 25.4. The number of hydrogen-bond donors (Lipinski definition) is 0. The molecule has 0 unspecified atom stereocenters. The summed E-state index contributed by atoms with van der Waals surface area (Å²) in [6.45, 7) is 8.79. The van der Waals surface area contributed by atoms with Crippen LogP contribution < -0.4 is 0 Å². The minimum Gasteiger partial charge on any atom is -0.302 e. The van der Waals surface area contributed by atoms with E-state index < -0.39 is 0 Å². The van der Waals surface area contributed by atoms with Gasteiger partial charge in [0.15, 0.2) is 0 Å². The summed E-state index contributed by atoms with van der Waals surface area (Å²) in [6.07, 6.45) is 15.9. The van der Waals surface area contributed by atoms with E-state index in [-0.39, 0.29) is 0 Å². The molecule has 0 aliphatic heterocycles. The van der Waals surface area contributed by atoms with E-state index in [0.29, 0.717) is 37.2 Å². The van der Waals surface area contributed by atoms with Gasteiger partial charge in [-0.15, -0.1) is 0 Å². The van der Waals surface area contributed by atoms with Crippen molar-refractivity contribution in [1.29, 1.82) is 0 Å². The molecule has 0 aromatic carbocycles. The monoisotopic (exact) mass is 353 g/mol. The maximum atomic E-state index is 11.6. The summed E-state index contributed by atoms with van der Waals surface area (Å²) in [7, 11) is 0. The normalized spacial score (nSPS) is 11.2. The van der Waals surface area contributed by atoms with Gasteiger partial charge in [-0.25, -0.2) is 0 Å². The number of Topliss-reactive ketones (excluding diaryl/α,β-unsaturated/α-hetero) is 2. The van der Waals surface area contributed by atoms with Crippen molar-refractivity contribution in [3.63, 3.8) is 0 Å². The van der Waals surface area contributed by atoms with Gasteiger partial charge in [0, 0.05) is 38.8 Å². The van der Waals surface area contributed by atoms with Crippen LogP contribution in [0.3, 0.4) is 0 Å². The van der Waals surface area contributed by atoms with Crippen LogP contribution in [0.2, 0.25) is 0 Å². The first kappa shape index (κ1) is 24.3. The predicted octanol–water partition coefficient (Wildman–Crippen LogP) is 5.95. The van der Waals surface area contributed by atoms with E-state index >= 15 is 0 Å². The average molecular weight is 354 g/mol. The largest absolute Gasteiger partial charge is 0.302 e. The quantitative estimate of drug-likeness (QED) is 0.269. The van der Waals surface area contributed by atoms with Gasteiger partial charge in [-0.3, -0.25) is 9.59 Å². The Morgan fingerprint density at radius 3 is 1.36 bits per heavy atom. The summed E-state index contributed by atoms with van der Waals surface area (Å²) in [5.74, 6) is 0.657. The third-order valence-electron chi connectivity index (χ3n) is 5.03. The van der Waals surface area contributed by atoms with Gasteiger partial charge in [0.2, 0.25) is 0 Å². The first-order valence-corrected chi connectivity index (χ1v) is 10.9. The smallest absolute Gasteiger partial charge is 0.133 e. The number of nitrogens with zero attached hydrogens (tertiary/aromatic N) is 1. The van der Waals surface area contributed by atoms with Gasteiger partial charge >= 0.3 is 0 Å². The van der Waals surface area contributed by atoms with E-state index in [1.807, 2.05) is 13.8 Å². The van der Waals surface area contributed by atoms with E-state index in [9.17, 15) is 9.59 Å². The Morgan fingerprint density at radius 2 is 0.960 bits per heavy atom. The van der Waals surface area contributed by atoms with Gasteiger partial charge in [-0.1, -0.05) is 78.6 Å². The zero-order chi connectivity index (χ0) is 18.8. The van der Waals surface area contributed by atoms with Gasteiger partial charge in [-0.05, 0) is 13.0 Å². The Labute approximate surface area is 156 Å². The van der Waals surface area contributed by atoms with Crippen LogP contribution in [-0.4, -0.2) is 36.1 Å². The van der Waals surface area contributed by atoms with Gasteiger partial charge in [0.1, 0.15) is 11.6 Å². The lowest BCUT2D eigenvalue weighted by Crippen LogP contribution is -2.29. The highest BCUT2D eigenvalue weighted by atomic mass is 16.1. The molecule has 3 nitrogen and oxygen atoms in total. The Kier molecular flexibility index (Phi) is 17.6. The molecule has 0 saturated carbocycles. The lowest BCUT2D eigenvalue weighted by atomic mass is 10.1. The van der Waals surface area contributed by atoms with Crippen molar-refractivity contribution in [2.75, 3.05) is 19.6 Å². The molecule has 0 aromatic heterocycles. The molecule has 0 spiro atoms. The second kappa shape index (κ2) is 18.1. The van der Waals surface area contributed by atoms with Crippen LogP contribution in [0.1, 0.15) is 111 Å². The highest BCUT2D eigenvalue weighted by Crippen LogP contribution is 2.11. The van der Waals surface area contributed by atoms with E-state index in [1.54, 1.807) is 0 Å². The molecule has 25 heavy (non-hydrogen) atoms. The number of rotatable bonds is 19. The molecular weight excluding hydrogens is 310 g/mol. The molecule has 3 heteroatoms. The van der Waals surface area contributed by atoms with Crippen molar-refractivity contribution in [3.8, 4) is 0 Å². The van der Waals surface area contributed by atoms with Crippen LogP contribution in [0, 0.1) is 0 Å². The molecule has 0 saturated heterocycles. The first-order chi connectivity index (χ1) is 12.1. The molecule has 0 aromatic rings. The first-order valence-electron chi connectivity index (χ1n) is 10.9. The van der Waals surface area contributed by atoms with Crippen LogP contribution in [0.5, 0.6) is 0 Å². The maximum Gasteiger partial charge on any atom is 0.133 e. The summed E-state index contributed by atoms with van der Waals surface area (Å²) >= 11 is 0. The average Bonchev–Trinajstić information content (AvgIpc) is 2.63. The van der Waals surface area contributed by atoms with Crippen LogP contribution in [0.25, 0.3) is 0 Å². The molecular formula is C22H43NO2. The van der Waals surface area contributed by atoms with Gasteiger partial charge in [0.25, 0.3) is 0 Å². The third-order valence-corrected chi connectivity index (χ3v) is 5.03. The predicted molar refractivity (Wildman–Crippen MR) is 108 cm³/mol. The minimum atomic E-state index is 0.329. The maximum absolute atomic E-state index is 11.6. The second-order valence-electron chi connectivity index (χ2n) is 7.31. The van der Waals surface area contributed by atoms with Crippen molar-refractivity contribution in [1.82, 2.24) is 4.90 Å². The summed E-state index contributed by atoms with van der Waals surface area (Å²) < 4.78 is 0. The standard InChI is InChI=1S/C22H43NO2/c1-4-7-8-9-10-11-12-13-14-15-18-23(19-16-21(24)5-2)20-17-22(25)6-3/h4-20H2,1-3H3. The number of carbonyl (C=O) groups excluding carboxylic acids is 2. The molecule has 0 aliphatic rings. The highest BCUT2D eigenvalue weighted by Gasteiger charge is 2.09. The van der Waals surface area contributed by atoms with E-state index in [1.165, 1.54) is 64.2 Å². The minimum absolute atomic E-state index is 0.329. The van der Waals surface area contributed by atoms with Crippen molar-refractivity contribution < 1.29 is 9.59 Å². The third kappa shape index (κ3) is 16.5. The Balaban J connectivity index is 3.77. The number of hydrogen-bond acceptors (Lipinski definition) is 3. The molecule has 0 amide bonds. The van der Waals surface area contributed by atoms with E-state index in [0.717, 1.165) is 19.6 Å². The Hall–Kier alpha value is -0.700. The molecule has 0 atom stereocenters. The molecule has 0 bridgehead atoms. The molecule has 0 rings (SSSR count). The van der Waals surface area contributed by atoms with Crippen molar-refractivity contribution in [3.05, 3.63) is 0 Å². The summed E-state index contributed by atoms with van der Waals surface area (Å²) in [5.41, 5.74) is 0. The van der Waals surface area contributed by atoms with Crippen LogP contribution in [0.15, 0.2) is 0 Å². The molecule has 0 heterocycles. The fourth-order valence-corrected chi connectivity index (χ4v) is 3.08. The molecule has 148 valence electrons. The molecule has 0 aliphatic carbocycles.